The van der Waals surface area contributed by atoms with Gasteiger partial charge in [-0.3, -0.25) is 9.78 Å². The number of benzene rings is 2. The SMILES string of the molecule is CCCCOC(=O)c1ccc(Nc2nc(-c3ccc(OC)cc3)cc(=O)[nH]2)cc1. The first-order valence-corrected chi connectivity index (χ1v) is 9.39. The third kappa shape index (κ3) is 5.44. The van der Waals surface area contributed by atoms with Crippen molar-refractivity contribution in [1.82, 2.24) is 9.97 Å². The van der Waals surface area contributed by atoms with E-state index < -0.39 is 0 Å². The largest absolute Gasteiger partial charge is 0.497 e. The standard InChI is InChI=1S/C22H23N3O4/c1-3-4-13-29-21(27)16-5-9-17(10-6-16)23-22-24-19(14-20(26)25-22)15-7-11-18(28-2)12-8-15/h5-12,14H,3-4,13H2,1-2H3,(H2,23,24,25,26). The zero-order valence-corrected chi connectivity index (χ0v) is 16.4. The van der Waals surface area contributed by atoms with Crippen LogP contribution in [0.15, 0.2) is 59.4 Å². The Morgan fingerprint density at radius 3 is 2.48 bits per heavy atom. The second-order valence-corrected chi connectivity index (χ2v) is 6.40. The molecule has 150 valence electrons. The zero-order valence-electron chi connectivity index (χ0n) is 16.4. The molecule has 0 saturated heterocycles. The van der Waals surface area contributed by atoms with Gasteiger partial charge in [0.2, 0.25) is 5.95 Å². The van der Waals surface area contributed by atoms with Gasteiger partial charge in [0.25, 0.3) is 5.56 Å². The van der Waals surface area contributed by atoms with E-state index in [-0.39, 0.29) is 11.5 Å². The van der Waals surface area contributed by atoms with Crippen molar-refractivity contribution < 1.29 is 14.3 Å². The number of anilines is 2. The molecular weight excluding hydrogens is 370 g/mol. The number of carbonyl (C=O) groups is 1. The quantitative estimate of drug-likeness (QED) is 0.441. The summed E-state index contributed by atoms with van der Waals surface area (Å²) >= 11 is 0. The van der Waals surface area contributed by atoms with E-state index in [1.165, 1.54) is 6.07 Å². The molecule has 0 radical (unpaired) electrons. The number of nitrogens with one attached hydrogen (secondary N) is 2. The van der Waals surface area contributed by atoms with Crippen molar-refractivity contribution in [3.05, 3.63) is 70.5 Å². The number of aromatic amines is 1. The molecule has 0 bridgehead atoms. The lowest BCUT2D eigenvalue weighted by Gasteiger charge is -2.09. The minimum Gasteiger partial charge on any atom is -0.497 e. The highest BCUT2D eigenvalue weighted by Gasteiger charge is 2.08. The number of carbonyl (C=O) groups excluding carboxylic acids is 1. The summed E-state index contributed by atoms with van der Waals surface area (Å²) in [6.45, 7) is 2.45. The van der Waals surface area contributed by atoms with Gasteiger partial charge in [-0.05, 0) is 55.0 Å². The second-order valence-electron chi connectivity index (χ2n) is 6.40. The predicted molar refractivity (Wildman–Crippen MR) is 112 cm³/mol. The summed E-state index contributed by atoms with van der Waals surface area (Å²) in [7, 11) is 1.60. The monoisotopic (exact) mass is 393 g/mol. The van der Waals surface area contributed by atoms with E-state index in [9.17, 15) is 9.59 Å². The first-order chi connectivity index (χ1) is 14.1. The van der Waals surface area contributed by atoms with Crippen LogP contribution in [-0.4, -0.2) is 29.7 Å². The average Bonchev–Trinajstić information content (AvgIpc) is 2.74. The summed E-state index contributed by atoms with van der Waals surface area (Å²) in [5.74, 6) is 0.685. The second kappa shape index (κ2) is 9.54. The molecule has 0 amide bonds. The van der Waals surface area contributed by atoms with Crippen molar-refractivity contribution >= 4 is 17.6 Å². The average molecular weight is 393 g/mol. The molecule has 2 N–H and O–H groups in total. The van der Waals surface area contributed by atoms with Crippen LogP contribution in [0.5, 0.6) is 5.75 Å². The maximum atomic E-state index is 12.0. The van der Waals surface area contributed by atoms with Gasteiger partial charge in [0, 0.05) is 17.3 Å². The molecular formula is C22H23N3O4. The van der Waals surface area contributed by atoms with Gasteiger partial charge < -0.3 is 14.8 Å². The molecule has 0 fully saturated rings. The number of rotatable bonds is 8. The molecule has 1 aromatic heterocycles. The number of nitrogens with zero attached hydrogens (tertiary/aromatic N) is 1. The van der Waals surface area contributed by atoms with Gasteiger partial charge in [0.15, 0.2) is 0 Å². The van der Waals surface area contributed by atoms with E-state index in [1.807, 2.05) is 31.2 Å². The van der Waals surface area contributed by atoms with E-state index in [4.69, 9.17) is 9.47 Å². The van der Waals surface area contributed by atoms with Crippen molar-refractivity contribution in [1.29, 1.82) is 0 Å². The van der Waals surface area contributed by atoms with Crippen LogP contribution in [-0.2, 0) is 4.74 Å². The Morgan fingerprint density at radius 1 is 1.10 bits per heavy atom. The third-order valence-electron chi connectivity index (χ3n) is 4.24. The van der Waals surface area contributed by atoms with Crippen molar-refractivity contribution in [2.45, 2.75) is 19.8 Å². The fraction of sp³-hybridized carbons (Fsp3) is 0.227. The van der Waals surface area contributed by atoms with Gasteiger partial charge in [0.05, 0.1) is 25.0 Å². The fourth-order valence-corrected chi connectivity index (χ4v) is 2.65. The lowest BCUT2D eigenvalue weighted by Crippen LogP contribution is -2.10. The van der Waals surface area contributed by atoms with Crippen molar-refractivity contribution in [2.24, 2.45) is 0 Å². The molecule has 3 aromatic rings. The Bertz CT molecular complexity index is 1010. The molecule has 0 aliphatic carbocycles. The molecule has 0 atom stereocenters. The maximum absolute atomic E-state index is 12.0. The van der Waals surface area contributed by atoms with Crippen LogP contribution in [0.2, 0.25) is 0 Å². The Morgan fingerprint density at radius 2 is 1.83 bits per heavy atom. The molecule has 0 aliphatic heterocycles. The molecule has 7 nitrogen and oxygen atoms in total. The van der Waals surface area contributed by atoms with E-state index >= 15 is 0 Å². The molecule has 7 heteroatoms. The minimum absolute atomic E-state index is 0.274. The summed E-state index contributed by atoms with van der Waals surface area (Å²) in [5.41, 5.74) is 2.22. The van der Waals surface area contributed by atoms with Crippen LogP contribution in [0.25, 0.3) is 11.3 Å². The molecule has 0 saturated carbocycles. The van der Waals surface area contributed by atoms with Gasteiger partial charge in [0.1, 0.15) is 5.75 Å². The highest BCUT2D eigenvalue weighted by Crippen LogP contribution is 2.21. The van der Waals surface area contributed by atoms with E-state index in [0.717, 1.165) is 24.2 Å². The molecule has 1 heterocycles. The van der Waals surface area contributed by atoms with Gasteiger partial charge in [-0.25, -0.2) is 9.78 Å². The number of aromatic nitrogens is 2. The lowest BCUT2D eigenvalue weighted by atomic mass is 10.1. The number of H-pyrrole nitrogens is 1. The van der Waals surface area contributed by atoms with Crippen LogP contribution in [0, 0.1) is 0 Å². The Kier molecular flexibility index (Phi) is 6.63. The van der Waals surface area contributed by atoms with Gasteiger partial charge in [-0.15, -0.1) is 0 Å². The summed E-state index contributed by atoms with van der Waals surface area (Å²) in [6.07, 6.45) is 1.81. The van der Waals surface area contributed by atoms with E-state index in [0.29, 0.717) is 29.5 Å². The first kappa shape index (κ1) is 20.1. The Balaban J connectivity index is 1.73. The van der Waals surface area contributed by atoms with Crippen LogP contribution in [0.3, 0.4) is 0 Å². The Labute approximate surface area is 168 Å². The number of ether oxygens (including phenoxy) is 2. The summed E-state index contributed by atoms with van der Waals surface area (Å²) in [4.78, 5) is 31.1. The smallest absolute Gasteiger partial charge is 0.338 e. The number of hydrogen-bond donors (Lipinski definition) is 2. The number of unbranched alkanes of at least 4 members (excludes halogenated alkanes) is 1. The summed E-state index contributed by atoms with van der Waals surface area (Å²) < 4.78 is 10.3. The van der Waals surface area contributed by atoms with Gasteiger partial charge in [-0.1, -0.05) is 13.3 Å². The molecule has 29 heavy (non-hydrogen) atoms. The normalized spacial score (nSPS) is 10.4. The zero-order chi connectivity index (χ0) is 20.6. The first-order valence-electron chi connectivity index (χ1n) is 9.39. The number of methoxy groups -OCH3 is 1. The highest BCUT2D eigenvalue weighted by molar-refractivity contribution is 5.89. The van der Waals surface area contributed by atoms with Gasteiger partial charge >= 0.3 is 5.97 Å². The third-order valence-corrected chi connectivity index (χ3v) is 4.24. The molecule has 0 spiro atoms. The van der Waals surface area contributed by atoms with Crippen LogP contribution in [0.4, 0.5) is 11.6 Å². The molecule has 3 rings (SSSR count). The summed E-state index contributed by atoms with van der Waals surface area (Å²) in [6, 6.07) is 15.5. The molecule has 0 aliphatic rings. The van der Waals surface area contributed by atoms with Crippen molar-refractivity contribution in [2.75, 3.05) is 19.0 Å². The topological polar surface area (TPSA) is 93.3 Å². The lowest BCUT2D eigenvalue weighted by molar-refractivity contribution is 0.0500. The maximum Gasteiger partial charge on any atom is 0.338 e. The van der Waals surface area contributed by atoms with Crippen LogP contribution >= 0.6 is 0 Å². The fourth-order valence-electron chi connectivity index (χ4n) is 2.65. The van der Waals surface area contributed by atoms with Crippen LogP contribution in [0.1, 0.15) is 30.1 Å². The Hall–Kier alpha value is -3.61. The predicted octanol–water partition coefficient (Wildman–Crippen LogP) is 4.15. The molecule has 2 aromatic carbocycles. The van der Waals surface area contributed by atoms with E-state index in [2.05, 4.69) is 15.3 Å². The molecule has 0 unspecified atom stereocenters. The van der Waals surface area contributed by atoms with Crippen LogP contribution < -0.4 is 15.6 Å². The van der Waals surface area contributed by atoms with Gasteiger partial charge in [-0.2, -0.15) is 0 Å². The van der Waals surface area contributed by atoms with Crippen molar-refractivity contribution in [3.8, 4) is 17.0 Å². The number of hydrogen-bond acceptors (Lipinski definition) is 6. The minimum atomic E-state index is -0.349. The number of esters is 1. The highest BCUT2D eigenvalue weighted by atomic mass is 16.5. The van der Waals surface area contributed by atoms with E-state index in [1.54, 1.807) is 31.4 Å². The summed E-state index contributed by atoms with van der Waals surface area (Å²) in [5, 5.41) is 3.05. The van der Waals surface area contributed by atoms with Crippen molar-refractivity contribution in [3.63, 3.8) is 0 Å².